The maximum atomic E-state index is 12.9. The number of nitrogens with zero attached hydrogens (tertiary/aromatic N) is 3. The van der Waals surface area contributed by atoms with E-state index in [9.17, 15) is 4.79 Å². The van der Waals surface area contributed by atoms with E-state index < -0.39 is 0 Å². The average molecular weight is 429 g/mol. The molecule has 0 amide bonds. The standard InChI is InChI=1S/C19H17BrN4OS/c1-10-9-14(12-3-5-13(20)6-4-12)23-18-15(10)16-17(26-18)19(25)24(8-7-21)11(2)22-16/h3-6,9H,7-8,21H2,1-2H3. The van der Waals surface area contributed by atoms with Crippen LogP contribution in [0.1, 0.15) is 11.4 Å². The molecule has 0 aliphatic carbocycles. The molecule has 5 nitrogen and oxygen atoms in total. The Bertz CT molecular complexity index is 1190. The zero-order chi connectivity index (χ0) is 18.4. The third kappa shape index (κ3) is 2.76. The lowest BCUT2D eigenvalue weighted by atomic mass is 10.1. The number of pyridine rings is 1. The van der Waals surface area contributed by atoms with Crippen LogP contribution >= 0.6 is 27.3 Å². The van der Waals surface area contributed by atoms with Crippen molar-refractivity contribution in [3.8, 4) is 11.3 Å². The summed E-state index contributed by atoms with van der Waals surface area (Å²) in [6.45, 7) is 4.77. The lowest BCUT2D eigenvalue weighted by molar-refractivity contribution is 0.649. The normalized spacial score (nSPS) is 11.5. The summed E-state index contributed by atoms with van der Waals surface area (Å²) < 4.78 is 3.31. The molecule has 0 saturated heterocycles. The fourth-order valence-electron chi connectivity index (χ4n) is 3.17. The first-order valence-electron chi connectivity index (χ1n) is 8.27. The Kier molecular flexibility index (Phi) is 4.38. The Hall–Kier alpha value is -2.09. The van der Waals surface area contributed by atoms with E-state index in [2.05, 4.69) is 27.0 Å². The fraction of sp³-hybridized carbons (Fsp3) is 0.211. The molecule has 0 spiro atoms. The number of benzene rings is 1. The molecule has 132 valence electrons. The summed E-state index contributed by atoms with van der Waals surface area (Å²) in [5.41, 5.74) is 9.35. The molecule has 0 saturated carbocycles. The highest BCUT2D eigenvalue weighted by Crippen LogP contribution is 2.34. The molecule has 3 heterocycles. The van der Waals surface area contributed by atoms with Crippen LogP contribution in [-0.4, -0.2) is 21.1 Å². The average Bonchev–Trinajstić information content (AvgIpc) is 2.98. The molecule has 0 bridgehead atoms. The SMILES string of the molecule is Cc1cc(-c2ccc(Br)cc2)nc2sc3c(=O)n(CCN)c(C)nc3c12. The van der Waals surface area contributed by atoms with E-state index in [0.29, 0.717) is 23.6 Å². The van der Waals surface area contributed by atoms with Crippen molar-refractivity contribution in [2.24, 2.45) is 5.73 Å². The Morgan fingerprint density at radius 1 is 1.19 bits per heavy atom. The van der Waals surface area contributed by atoms with E-state index >= 15 is 0 Å². The van der Waals surface area contributed by atoms with Crippen molar-refractivity contribution < 1.29 is 0 Å². The van der Waals surface area contributed by atoms with Gasteiger partial charge in [-0.2, -0.15) is 0 Å². The van der Waals surface area contributed by atoms with Crippen molar-refractivity contribution in [2.45, 2.75) is 20.4 Å². The molecule has 7 heteroatoms. The molecule has 0 radical (unpaired) electrons. The molecule has 4 rings (SSSR count). The highest BCUT2D eigenvalue weighted by Gasteiger charge is 2.17. The smallest absolute Gasteiger partial charge is 0.271 e. The van der Waals surface area contributed by atoms with Crippen molar-refractivity contribution in [2.75, 3.05) is 6.54 Å². The number of aryl methyl sites for hydroxylation is 2. The summed E-state index contributed by atoms with van der Waals surface area (Å²) in [7, 11) is 0. The molecule has 0 atom stereocenters. The van der Waals surface area contributed by atoms with Crippen LogP contribution in [0, 0.1) is 13.8 Å². The Balaban J connectivity index is 2.00. The van der Waals surface area contributed by atoms with Crippen LogP contribution in [-0.2, 0) is 6.54 Å². The first-order chi connectivity index (χ1) is 12.5. The molecule has 0 fully saturated rings. The van der Waals surface area contributed by atoms with Gasteiger partial charge >= 0.3 is 0 Å². The molecule has 0 unspecified atom stereocenters. The Labute approximate surface area is 162 Å². The molecule has 4 aromatic rings. The van der Waals surface area contributed by atoms with Crippen molar-refractivity contribution in [3.63, 3.8) is 0 Å². The predicted octanol–water partition coefficient (Wildman–Crippen LogP) is 4.01. The van der Waals surface area contributed by atoms with Crippen LogP contribution in [0.5, 0.6) is 0 Å². The number of halogens is 1. The largest absolute Gasteiger partial charge is 0.329 e. The molecule has 0 aliphatic rings. The highest BCUT2D eigenvalue weighted by molar-refractivity contribution is 9.10. The lowest BCUT2D eigenvalue weighted by Crippen LogP contribution is -2.26. The first kappa shape index (κ1) is 17.3. The van der Waals surface area contributed by atoms with Crippen molar-refractivity contribution in [3.05, 3.63) is 56.5 Å². The predicted molar refractivity (Wildman–Crippen MR) is 111 cm³/mol. The van der Waals surface area contributed by atoms with Gasteiger partial charge in [0.15, 0.2) is 0 Å². The quantitative estimate of drug-likeness (QED) is 0.534. The minimum Gasteiger partial charge on any atom is -0.329 e. The molecular formula is C19H17BrN4OS. The van der Waals surface area contributed by atoms with Gasteiger partial charge in [-0.15, -0.1) is 11.3 Å². The summed E-state index contributed by atoms with van der Waals surface area (Å²) in [6, 6.07) is 10.1. The van der Waals surface area contributed by atoms with E-state index in [-0.39, 0.29) is 5.56 Å². The van der Waals surface area contributed by atoms with Gasteiger partial charge in [-0.3, -0.25) is 9.36 Å². The lowest BCUT2D eigenvalue weighted by Gasteiger charge is -2.07. The summed E-state index contributed by atoms with van der Waals surface area (Å²) in [5.74, 6) is 0.684. The fourth-order valence-corrected chi connectivity index (χ4v) is 4.57. The van der Waals surface area contributed by atoms with E-state index in [0.717, 1.165) is 37.0 Å². The van der Waals surface area contributed by atoms with Crippen molar-refractivity contribution in [1.29, 1.82) is 0 Å². The third-order valence-corrected chi connectivity index (χ3v) is 6.02. The van der Waals surface area contributed by atoms with Crippen LogP contribution < -0.4 is 11.3 Å². The van der Waals surface area contributed by atoms with Crippen LogP contribution in [0.15, 0.2) is 39.6 Å². The number of aromatic nitrogens is 3. The van der Waals surface area contributed by atoms with Gasteiger partial charge < -0.3 is 5.73 Å². The van der Waals surface area contributed by atoms with Crippen LogP contribution in [0.4, 0.5) is 0 Å². The van der Waals surface area contributed by atoms with E-state index in [1.807, 2.05) is 38.1 Å². The number of fused-ring (bicyclic) bond motifs is 3. The zero-order valence-corrected chi connectivity index (χ0v) is 16.8. The summed E-state index contributed by atoms with van der Waals surface area (Å²) >= 11 is 4.86. The first-order valence-corrected chi connectivity index (χ1v) is 9.88. The molecule has 2 N–H and O–H groups in total. The second kappa shape index (κ2) is 6.57. The van der Waals surface area contributed by atoms with Crippen LogP contribution in [0.2, 0.25) is 0 Å². The van der Waals surface area contributed by atoms with Gasteiger partial charge in [0.1, 0.15) is 15.4 Å². The Morgan fingerprint density at radius 3 is 2.62 bits per heavy atom. The van der Waals surface area contributed by atoms with Gasteiger partial charge in [-0.25, -0.2) is 9.97 Å². The number of nitrogens with two attached hydrogens (primary N) is 1. The van der Waals surface area contributed by atoms with Crippen LogP contribution in [0.25, 0.3) is 31.7 Å². The molecule has 1 aromatic carbocycles. The minimum absolute atomic E-state index is 0.0365. The number of hydrogen-bond acceptors (Lipinski definition) is 5. The van der Waals surface area contributed by atoms with E-state index in [4.69, 9.17) is 10.7 Å². The summed E-state index contributed by atoms with van der Waals surface area (Å²) in [6.07, 6.45) is 0. The maximum Gasteiger partial charge on any atom is 0.271 e. The maximum absolute atomic E-state index is 12.9. The minimum atomic E-state index is -0.0365. The zero-order valence-electron chi connectivity index (χ0n) is 14.4. The third-order valence-electron chi connectivity index (χ3n) is 4.43. The number of thiophene rings is 1. The molecule has 3 aromatic heterocycles. The highest BCUT2D eigenvalue weighted by atomic mass is 79.9. The van der Waals surface area contributed by atoms with Gasteiger partial charge in [0.25, 0.3) is 5.56 Å². The van der Waals surface area contributed by atoms with Gasteiger partial charge in [0.05, 0.1) is 11.2 Å². The van der Waals surface area contributed by atoms with Gasteiger partial charge in [-0.05, 0) is 37.6 Å². The topological polar surface area (TPSA) is 73.8 Å². The van der Waals surface area contributed by atoms with Crippen LogP contribution in [0.3, 0.4) is 0 Å². The summed E-state index contributed by atoms with van der Waals surface area (Å²) in [5, 5.41) is 0.964. The van der Waals surface area contributed by atoms with Gasteiger partial charge in [0.2, 0.25) is 0 Å². The molecule has 26 heavy (non-hydrogen) atoms. The monoisotopic (exact) mass is 428 g/mol. The van der Waals surface area contributed by atoms with E-state index in [1.165, 1.54) is 11.3 Å². The van der Waals surface area contributed by atoms with E-state index in [1.54, 1.807) is 4.57 Å². The number of hydrogen-bond donors (Lipinski definition) is 1. The van der Waals surface area contributed by atoms with Gasteiger partial charge in [-0.1, -0.05) is 28.1 Å². The summed E-state index contributed by atoms with van der Waals surface area (Å²) in [4.78, 5) is 23.2. The molecular weight excluding hydrogens is 412 g/mol. The second-order valence-electron chi connectivity index (χ2n) is 6.20. The Morgan fingerprint density at radius 2 is 1.92 bits per heavy atom. The molecule has 0 aliphatic heterocycles. The van der Waals surface area contributed by atoms with Crippen molar-refractivity contribution in [1.82, 2.24) is 14.5 Å². The van der Waals surface area contributed by atoms with Crippen molar-refractivity contribution >= 4 is 47.7 Å². The second-order valence-corrected chi connectivity index (χ2v) is 8.11. The number of rotatable bonds is 3. The van der Waals surface area contributed by atoms with Gasteiger partial charge in [0, 0.05) is 28.5 Å².